The van der Waals surface area contributed by atoms with Gasteiger partial charge < -0.3 is 15.4 Å². The van der Waals surface area contributed by atoms with Gasteiger partial charge in [0.05, 0.1) is 11.8 Å². The number of pyridine rings is 1. The molecular weight excluding hydrogens is 254 g/mol. The van der Waals surface area contributed by atoms with Crippen LogP contribution in [0.25, 0.3) is 0 Å². The molecule has 1 fully saturated rings. The van der Waals surface area contributed by atoms with E-state index in [-0.39, 0.29) is 12.0 Å². The molecule has 1 aliphatic rings. The first-order valence-electron chi connectivity index (χ1n) is 7.30. The van der Waals surface area contributed by atoms with Gasteiger partial charge in [0.2, 0.25) is 0 Å². The van der Waals surface area contributed by atoms with Crippen LogP contribution in [0.3, 0.4) is 0 Å². The highest BCUT2D eigenvalue weighted by Gasteiger charge is 2.24. The third kappa shape index (κ3) is 3.77. The molecule has 1 unspecified atom stereocenters. The van der Waals surface area contributed by atoms with Crippen LogP contribution in [0.5, 0.6) is 0 Å². The first-order valence-corrected chi connectivity index (χ1v) is 7.30. The van der Waals surface area contributed by atoms with Crippen LogP contribution in [0.1, 0.15) is 42.2 Å². The molecule has 2 heterocycles. The Labute approximate surface area is 120 Å². The molecule has 0 saturated carbocycles. The molecule has 1 aromatic rings. The van der Waals surface area contributed by atoms with Crippen molar-refractivity contribution in [2.24, 2.45) is 5.73 Å². The van der Waals surface area contributed by atoms with Crippen molar-refractivity contribution in [3.8, 4) is 0 Å². The molecule has 1 amide bonds. The summed E-state index contributed by atoms with van der Waals surface area (Å²) in [6, 6.07) is 3.52. The zero-order valence-corrected chi connectivity index (χ0v) is 12.0. The Morgan fingerprint density at radius 2 is 2.45 bits per heavy atom. The molecule has 110 valence electrons. The van der Waals surface area contributed by atoms with E-state index in [9.17, 15) is 4.79 Å². The Morgan fingerprint density at radius 3 is 3.20 bits per heavy atom. The number of ether oxygens (including phenoxy) is 1. The third-order valence-electron chi connectivity index (χ3n) is 3.50. The van der Waals surface area contributed by atoms with Crippen LogP contribution < -0.4 is 5.73 Å². The lowest BCUT2D eigenvalue weighted by molar-refractivity contribution is 0.00210. The summed E-state index contributed by atoms with van der Waals surface area (Å²) in [7, 11) is 0. The number of likely N-dealkylation sites (tertiary alicyclic amines) is 1. The lowest BCUT2D eigenvalue weighted by Crippen LogP contribution is -2.43. The fraction of sp³-hybridized carbons (Fsp3) is 0.600. The largest absolute Gasteiger partial charge is 0.376 e. The number of rotatable bonds is 5. The first kappa shape index (κ1) is 14.9. The van der Waals surface area contributed by atoms with Crippen molar-refractivity contribution < 1.29 is 9.53 Å². The maximum Gasteiger partial charge on any atom is 0.254 e. The van der Waals surface area contributed by atoms with E-state index in [1.54, 1.807) is 18.3 Å². The fourth-order valence-corrected chi connectivity index (χ4v) is 2.45. The minimum Gasteiger partial charge on any atom is -0.376 e. The molecular formula is C15H23N3O2. The highest BCUT2D eigenvalue weighted by Crippen LogP contribution is 2.16. The zero-order valence-electron chi connectivity index (χ0n) is 12.0. The Bertz CT molecular complexity index is 450. The number of nitrogens with zero attached hydrogens (tertiary/aromatic N) is 2. The fourth-order valence-electron chi connectivity index (χ4n) is 2.45. The normalized spacial score (nSPS) is 19.1. The lowest BCUT2D eigenvalue weighted by atomic mass is 10.1. The van der Waals surface area contributed by atoms with Crippen LogP contribution in [0.2, 0.25) is 0 Å². The molecule has 0 aromatic carbocycles. The van der Waals surface area contributed by atoms with Gasteiger partial charge in [-0.05, 0) is 31.4 Å². The Balaban J connectivity index is 2.00. The highest BCUT2D eigenvalue weighted by molar-refractivity contribution is 5.94. The van der Waals surface area contributed by atoms with Crippen LogP contribution in [0, 0.1) is 0 Å². The standard InChI is InChI=1S/C15H23N3O2/c1-2-8-20-14-4-3-7-18(11-14)15(19)12-5-6-17-13(9-12)10-16/h5-6,9,14H,2-4,7-8,10-11,16H2,1H3. The molecule has 1 saturated heterocycles. The molecule has 2 rings (SSSR count). The van der Waals surface area contributed by atoms with Gasteiger partial charge in [0.1, 0.15) is 0 Å². The van der Waals surface area contributed by atoms with Crippen molar-refractivity contribution in [3.63, 3.8) is 0 Å². The van der Waals surface area contributed by atoms with Crippen LogP contribution in [0.4, 0.5) is 0 Å². The minimum absolute atomic E-state index is 0.0481. The molecule has 0 spiro atoms. The molecule has 0 bridgehead atoms. The summed E-state index contributed by atoms with van der Waals surface area (Å²) >= 11 is 0. The maximum absolute atomic E-state index is 12.5. The molecule has 1 aromatic heterocycles. The predicted molar refractivity (Wildman–Crippen MR) is 77.3 cm³/mol. The lowest BCUT2D eigenvalue weighted by Gasteiger charge is -2.32. The van der Waals surface area contributed by atoms with Crippen LogP contribution in [-0.4, -0.2) is 41.6 Å². The molecule has 0 aliphatic carbocycles. The van der Waals surface area contributed by atoms with Gasteiger partial charge >= 0.3 is 0 Å². The summed E-state index contributed by atoms with van der Waals surface area (Å²) in [5.74, 6) is 0.0481. The molecule has 2 N–H and O–H groups in total. The molecule has 1 aliphatic heterocycles. The van der Waals surface area contributed by atoms with Crippen LogP contribution >= 0.6 is 0 Å². The number of piperidine rings is 1. The van der Waals surface area contributed by atoms with Crippen molar-refractivity contribution in [1.82, 2.24) is 9.88 Å². The second kappa shape index (κ2) is 7.36. The quantitative estimate of drug-likeness (QED) is 0.887. The number of carbonyl (C=O) groups is 1. The van der Waals surface area contributed by atoms with Gasteiger partial charge in [0, 0.05) is 38.0 Å². The second-order valence-corrected chi connectivity index (χ2v) is 5.13. The van der Waals surface area contributed by atoms with Gasteiger partial charge in [-0.3, -0.25) is 9.78 Å². The predicted octanol–water partition coefficient (Wildman–Crippen LogP) is 1.57. The Hall–Kier alpha value is -1.46. The van der Waals surface area contributed by atoms with Crippen LogP contribution in [0.15, 0.2) is 18.3 Å². The third-order valence-corrected chi connectivity index (χ3v) is 3.50. The van der Waals surface area contributed by atoms with E-state index in [1.807, 2.05) is 4.90 Å². The number of hydrogen-bond acceptors (Lipinski definition) is 4. The van der Waals surface area contributed by atoms with E-state index in [1.165, 1.54) is 0 Å². The van der Waals surface area contributed by atoms with E-state index in [0.29, 0.717) is 18.7 Å². The molecule has 5 heteroatoms. The SMILES string of the molecule is CCCOC1CCCN(C(=O)c2ccnc(CN)c2)C1. The van der Waals surface area contributed by atoms with Gasteiger partial charge in [-0.25, -0.2) is 0 Å². The summed E-state index contributed by atoms with van der Waals surface area (Å²) in [4.78, 5) is 18.5. The first-order chi connectivity index (χ1) is 9.74. The summed E-state index contributed by atoms with van der Waals surface area (Å²) in [5, 5.41) is 0. The number of amides is 1. The molecule has 20 heavy (non-hydrogen) atoms. The monoisotopic (exact) mass is 277 g/mol. The van der Waals surface area contributed by atoms with Gasteiger partial charge in [0.15, 0.2) is 0 Å². The van der Waals surface area contributed by atoms with Crippen LogP contribution in [-0.2, 0) is 11.3 Å². The summed E-state index contributed by atoms with van der Waals surface area (Å²) < 4.78 is 5.77. The zero-order chi connectivity index (χ0) is 14.4. The van der Waals surface area contributed by atoms with Crippen molar-refractivity contribution in [2.45, 2.75) is 38.8 Å². The van der Waals surface area contributed by atoms with Crippen molar-refractivity contribution in [1.29, 1.82) is 0 Å². The highest BCUT2D eigenvalue weighted by atomic mass is 16.5. The van der Waals surface area contributed by atoms with E-state index in [0.717, 1.165) is 38.1 Å². The smallest absolute Gasteiger partial charge is 0.254 e. The van der Waals surface area contributed by atoms with Crippen molar-refractivity contribution in [2.75, 3.05) is 19.7 Å². The number of nitrogens with two attached hydrogens (primary N) is 1. The van der Waals surface area contributed by atoms with E-state index in [2.05, 4.69) is 11.9 Å². The number of hydrogen-bond donors (Lipinski definition) is 1. The molecule has 0 radical (unpaired) electrons. The number of aromatic nitrogens is 1. The topological polar surface area (TPSA) is 68.5 Å². The summed E-state index contributed by atoms with van der Waals surface area (Å²) in [5.41, 5.74) is 6.97. The van der Waals surface area contributed by atoms with E-state index >= 15 is 0 Å². The Morgan fingerprint density at radius 1 is 1.60 bits per heavy atom. The summed E-state index contributed by atoms with van der Waals surface area (Å²) in [6.07, 6.45) is 4.85. The molecule has 5 nitrogen and oxygen atoms in total. The average Bonchev–Trinajstić information content (AvgIpc) is 2.52. The van der Waals surface area contributed by atoms with E-state index < -0.39 is 0 Å². The van der Waals surface area contributed by atoms with Crippen molar-refractivity contribution >= 4 is 5.91 Å². The van der Waals surface area contributed by atoms with Gasteiger partial charge in [-0.15, -0.1) is 0 Å². The Kier molecular flexibility index (Phi) is 5.49. The number of carbonyl (C=O) groups excluding carboxylic acids is 1. The van der Waals surface area contributed by atoms with Crippen molar-refractivity contribution in [3.05, 3.63) is 29.6 Å². The minimum atomic E-state index is 0.0481. The van der Waals surface area contributed by atoms with Gasteiger partial charge in [0.25, 0.3) is 5.91 Å². The van der Waals surface area contributed by atoms with E-state index in [4.69, 9.17) is 10.5 Å². The van der Waals surface area contributed by atoms with Gasteiger partial charge in [-0.1, -0.05) is 6.92 Å². The van der Waals surface area contributed by atoms with Gasteiger partial charge in [-0.2, -0.15) is 0 Å². The average molecular weight is 277 g/mol. The second-order valence-electron chi connectivity index (χ2n) is 5.13. The maximum atomic E-state index is 12.5. The molecule has 1 atom stereocenters. The summed E-state index contributed by atoms with van der Waals surface area (Å²) in [6.45, 7) is 4.68.